The minimum Gasteiger partial charge on any atom is -0.450 e. The molecule has 0 bridgehead atoms. The van der Waals surface area contributed by atoms with Crippen LogP contribution in [0.15, 0.2) is 28.7 Å². The Morgan fingerprint density at radius 1 is 1.35 bits per heavy atom. The number of likely N-dealkylation sites (N-methyl/N-ethyl adjacent to an activating group) is 1. The first-order valence-corrected chi connectivity index (χ1v) is 6.21. The van der Waals surface area contributed by atoms with E-state index in [1.54, 1.807) is 31.3 Å². The Morgan fingerprint density at radius 3 is 2.80 bits per heavy atom. The third-order valence-corrected chi connectivity index (χ3v) is 2.97. The Morgan fingerprint density at radius 2 is 2.10 bits per heavy atom. The first kappa shape index (κ1) is 13.9. The summed E-state index contributed by atoms with van der Waals surface area (Å²) in [6, 6.07) is 6.60. The van der Waals surface area contributed by atoms with Crippen LogP contribution < -0.4 is 5.73 Å². The van der Waals surface area contributed by atoms with Gasteiger partial charge in [-0.1, -0.05) is 0 Å². The molecule has 0 saturated carbocycles. The molecule has 0 aliphatic rings. The molecule has 0 atom stereocenters. The maximum atomic E-state index is 11.8. The molecule has 1 heterocycles. The predicted molar refractivity (Wildman–Crippen MR) is 74.2 cm³/mol. The van der Waals surface area contributed by atoms with Crippen molar-refractivity contribution in [1.82, 2.24) is 4.90 Å². The Kier molecular flexibility index (Phi) is 3.93. The number of amides is 1. The van der Waals surface area contributed by atoms with E-state index in [0.29, 0.717) is 23.2 Å². The average Bonchev–Trinajstić information content (AvgIpc) is 2.86. The molecule has 1 amide bonds. The van der Waals surface area contributed by atoms with Crippen LogP contribution in [0.5, 0.6) is 0 Å². The molecule has 0 radical (unpaired) electrons. The number of nitrogens with zero attached hydrogens (tertiary/aromatic N) is 1. The Bertz CT molecular complexity index is 648. The lowest BCUT2D eigenvalue weighted by molar-refractivity contribution is -0.133. The smallest absolute Gasteiger partial charge is 0.374 e. The first-order valence-electron chi connectivity index (χ1n) is 6.21. The summed E-state index contributed by atoms with van der Waals surface area (Å²) in [6.07, 6.45) is 0. The first-order chi connectivity index (χ1) is 9.51. The quantitative estimate of drug-likeness (QED) is 0.678. The highest BCUT2D eigenvalue weighted by Gasteiger charge is 2.16. The monoisotopic (exact) mass is 276 g/mol. The summed E-state index contributed by atoms with van der Waals surface area (Å²) in [6.45, 7) is 2.09. The van der Waals surface area contributed by atoms with Crippen molar-refractivity contribution in [2.24, 2.45) is 0 Å². The van der Waals surface area contributed by atoms with Crippen LogP contribution in [-0.4, -0.2) is 37.0 Å². The molecule has 1 aromatic heterocycles. The van der Waals surface area contributed by atoms with Crippen LogP contribution in [0, 0.1) is 0 Å². The molecule has 2 aromatic rings. The van der Waals surface area contributed by atoms with E-state index in [1.807, 2.05) is 6.92 Å². The number of anilines is 1. The molecule has 6 heteroatoms. The summed E-state index contributed by atoms with van der Waals surface area (Å²) in [7, 11) is 1.64. The summed E-state index contributed by atoms with van der Waals surface area (Å²) in [5, 5.41) is 0.717. The highest BCUT2D eigenvalue weighted by Crippen LogP contribution is 2.22. The number of rotatable bonds is 4. The molecule has 20 heavy (non-hydrogen) atoms. The number of carbonyl (C=O) groups is 2. The van der Waals surface area contributed by atoms with Crippen LogP contribution in [-0.2, 0) is 9.53 Å². The summed E-state index contributed by atoms with van der Waals surface area (Å²) in [5.41, 5.74) is 6.77. The predicted octanol–water partition coefficient (Wildman–Crippen LogP) is 1.65. The van der Waals surface area contributed by atoms with Gasteiger partial charge in [0.2, 0.25) is 5.76 Å². The van der Waals surface area contributed by atoms with Crippen molar-refractivity contribution in [2.45, 2.75) is 6.92 Å². The Balaban J connectivity index is 2.06. The number of furan rings is 1. The molecular weight excluding hydrogens is 260 g/mol. The van der Waals surface area contributed by atoms with Crippen molar-refractivity contribution in [2.75, 3.05) is 25.9 Å². The normalized spacial score (nSPS) is 10.5. The molecule has 1 aromatic carbocycles. The number of carbonyl (C=O) groups excluding carboxylic acids is 2. The second-order valence-corrected chi connectivity index (χ2v) is 4.39. The van der Waals surface area contributed by atoms with E-state index in [0.717, 1.165) is 0 Å². The SMILES string of the molecule is CCN(C)C(=O)COC(=O)c1cc2cc(N)ccc2o1. The van der Waals surface area contributed by atoms with Gasteiger partial charge in [0.25, 0.3) is 5.91 Å². The van der Waals surface area contributed by atoms with E-state index in [9.17, 15) is 9.59 Å². The van der Waals surface area contributed by atoms with Crippen molar-refractivity contribution in [3.63, 3.8) is 0 Å². The molecule has 0 aliphatic heterocycles. The molecule has 0 aliphatic carbocycles. The molecule has 0 spiro atoms. The van der Waals surface area contributed by atoms with Crippen LogP contribution in [0.1, 0.15) is 17.5 Å². The maximum Gasteiger partial charge on any atom is 0.374 e. The lowest BCUT2D eigenvalue weighted by Gasteiger charge is -2.13. The summed E-state index contributed by atoms with van der Waals surface area (Å²) in [5.74, 6) is -0.878. The van der Waals surface area contributed by atoms with E-state index in [1.165, 1.54) is 4.90 Å². The van der Waals surface area contributed by atoms with Crippen LogP contribution in [0.2, 0.25) is 0 Å². The zero-order valence-electron chi connectivity index (χ0n) is 11.4. The molecule has 6 nitrogen and oxygen atoms in total. The average molecular weight is 276 g/mol. The van der Waals surface area contributed by atoms with Crippen LogP contribution in [0.25, 0.3) is 11.0 Å². The minimum absolute atomic E-state index is 0.0533. The molecule has 0 fully saturated rings. The number of benzene rings is 1. The molecule has 0 saturated heterocycles. The van der Waals surface area contributed by atoms with Gasteiger partial charge in [-0.2, -0.15) is 0 Å². The van der Waals surface area contributed by atoms with Crippen LogP contribution in [0.3, 0.4) is 0 Å². The van der Waals surface area contributed by atoms with E-state index in [4.69, 9.17) is 14.9 Å². The van der Waals surface area contributed by atoms with E-state index < -0.39 is 5.97 Å². The van der Waals surface area contributed by atoms with Crippen molar-refractivity contribution < 1.29 is 18.7 Å². The standard InChI is InChI=1S/C14H16N2O4/c1-3-16(2)13(17)8-19-14(18)12-7-9-6-10(15)4-5-11(9)20-12/h4-7H,3,8,15H2,1-2H3. The summed E-state index contributed by atoms with van der Waals surface area (Å²) >= 11 is 0. The fourth-order valence-electron chi connectivity index (χ4n) is 1.65. The minimum atomic E-state index is -0.669. The van der Waals surface area contributed by atoms with Crippen LogP contribution >= 0.6 is 0 Å². The number of nitrogen functional groups attached to an aromatic ring is 1. The summed E-state index contributed by atoms with van der Waals surface area (Å²) < 4.78 is 10.3. The van der Waals surface area contributed by atoms with E-state index in [2.05, 4.69) is 0 Å². The topological polar surface area (TPSA) is 85.8 Å². The maximum absolute atomic E-state index is 11.8. The van der Waals surface area contributed by atoms with E-state index in [-0.39, 0.29) is 18.3 Å². The number of ether oxygens (including phenoxy) is 1. The van der Waals surface area contributed by atoms with Crippen LogP contribution in [0.4, 0.5) is 5.69 Å². The number of hydrogen-bond acceptors (Lipinski definition) is 5. The molecule has 2 N–H and O–H groups in total. The van der Waals surface area contributed by atoms with Crippen molar-refractivity contribution >= 4 is 28.5 Å². The van der Waals surface area contributed by atoms with Gasteiger partial charge in [-0.15, -0.1) is 0 Å². The third kappa shape index (κ3) is 2.90. The second kappa shape index (κ2) is 5.64. The highest BCUT2D eigenvalue weighted by molar-refractivity contribution is 5.94. The third-order valence-electron chi connectivity index (χ3n) is 2.97. The fraction of sp³-hybridized carbons (Fsp3) is 0.286. The van der Waals surface area contributed by atoms with Gasteiger partial charge in [0, 0.05) is 24.7 Å². The van der Waals surface area contributed by atoms with Gasteiger partial charge in [-0.05, 0) is 31.2 Å². The number of esters is 1. The van der Waals surface area contributed by atoms with Gasteiger partial charge in [0.1, 0.15) is 5.58 Å². The fourth-order valence-corrected chi connectivity index (χ4v) is 1.65. The lowest BCUT2D eigenvalue weighted by atomic mass is 10.2. The molecular formula is C14H16N2O4. The van der Waals surface area contributed by atoms with Gasteiger partial charge in [0.05, 0.1) is 0 Å². The van der Waals surface area contributed by atoms with Gasteiger partial charge in [0.15, 0.2) is 6.61 Å². The highest BCUT2D eigenvalue weighted by atomic mass is 16.5. The Hall–Kier alpha value is -2.50. The van der Waals surface area contributed by atoms with Gasteiger partial charge >= 0.3 is 5.97 Å². The molecule has 2 rings (SSSR count). The number of nitrogens with two attached hydrogens (primary N) is 1. The second-order valence-electron chi connectivity index (χ2n) is 4.39. The van der Waals surface area contributed by atoms with Gasteiger partial charge < -0.3 is 19.8 Å². The summed E-state index contributed by atoms with van der Waals surface area (Å²) in [4.78, 5) is 24.8. The largest absolute Gasteiger partial charge is 0.450 e. The number of hydrogen-bond donors (Lipinski definition) is 1. The Labute approximate surface area is 116 Å². The lowest BCUT2D eigenvalue weighted by Crippen LogP contribution is -2.30. The van der Waals surface area contributed by atoms with Gasteiger partial charge in [-0.3, -0.25) is 4.79 Å². The van der Waals surface area contributed by atoms with Crippen molar-refractivity contribution in [1.29, 1.82) is 0 Å². The zero-order chi connectivity index (χ0) is 14.7. The molecule has 0 unspecified atom stereocenters. The zero-order valence-corrected chi connectivity index (χ0v) is 11.4. The van der Waals surface area contributed by atoms with Gasteiger partial charge in [-0.25, -0.2) is 4.79 Å². The van der Waals surface area contributed by atoms with Crippen molar-refractivity contribution in [3.05, 3.63) is 30.0 Å². The number of fused-ring (bicyclic) bond motifs is 1. The van der Waals surface area contributed by atoms with E-state index >= 15 is 0 Å². The molecule has 106 valence electrons. The van der Waals surface area contributed by atoms with Crippen molar-refractivity contribution in [3.8, 4) is 0 Å².